The Kier molecular flexibility index (Phi) is 7.99. The molecule has 0 aliphatic heterocycles. The second-order valence-electron chi connectivity index (χ2n) is 5.86. The molecule has 0 aromatic heterocycles. The van der Waals surface area contributed by atoms with Crippen LogP contribution in [0.1, 0.15) is 12.5 Å². The van der Waals surface area contributed by atoms with Crippen LogP contribution in [0.25, 0.3) is 6.08 Å². The molecule has 0 heterocycles. The lowest BCUT2D eigenvalue weighted by atomic mass is 10.2. The van der Waals surface area contributed by atoms with E-state index in [2.05, 4.69) is 10.1 Å². The van der Waals surface area contributed by atoms with Crippen LogP contribution in [0, 0.1) is 0 Å². The predicted molar refractivity (Wildman–Crippen MR) is 106 cm³/mol. The summed E-state index contributed by atoms with van der Waals surface area (Å²) in [7, 11) is 1.39. The van der Waals surface area contributed by atoms with Crippen LogP contribution in [0.3, 0.4) is 0 Å². The van der Waals surface area contributed by atoms with Crippen molar-refractivity contribution >= 4 is 35.2 Å². The second kappa shape index (κ2) is 10.4. The number of rotatable bonds is 8. The highest BCUT2D eigenvalue weighted by Crippen LogP contribution is 2.29. The molecule has 2 N–H and O–H groups in total. The number of phenolic OH excluding ortho intramolecular Hbond substituents is 1. The minimum Gasteiger partial charge on any atom is -0.504 e. The van der Waals surface area contributed by atoms with E-state index in [-0.39, 0.29) is 28.0 Å². The molecule has 2 aromatic carbocycles. The average Bonchev–Trinajstić information content (AvgIpc) is 2.69. The number of carbonyl (C=O) groups is 2. The van der Waals surface area contributed by atoms with Gasteiger partial charge in [0.2, 0.25) is 0 Å². The van der Waals surface area contributed by atoms with Crippen LogP contribution in [0.4, 0.5) is 14.5 Å². The van der Waals surface area contributed by atoms with Crippen molar-refractivity contribution in [2.75, 3.05) is 12.4 Å². The van der Waals surface area contributed by atoms with Gasteiger partial charge in [-0.1, -0.05) is 17.7 Å². The Hall–Kier alpha value is -3.33. The maximum Gasteiger partial charge on any atom is 0.387 e. The number of alkyl halides is 2. The minimum absolute atomic E-state index is 0.0450. The number of halogens is 3. The third-order valence-corrected chi connectivity index (χ3v) is 3.99. The van der Waals surface area contributed by atoms with E-state index >= 15 is 0 Å². The molecule has 0 spiro atoms. The number of benzene rings is 2. The zero-order valence-electron chi connectivity index (χ0n) is 15.9. The number of anilines is 1. The van der Waals surface area contributed by atoms with Crippen LogP contribution in [0.15, 0.2) is 42.5 Å². The zero-order chi connectivity index (χ0) is 22.3. The maximum atomic E-state index is 12.2. The molecule has 0 aliphatic rings. The Morgan fingerprint density at radius 1 is 1.17 bits per heavy atom. The van der Waals surface area contributed by atoms with Crippen molar-refractivity contribution in [3.05, 3.63) is 53.1 Å². The normalized spacial score (nSPS) is 11.9. The van der Waals surface area contributed by atoms with Crippen molar-refractivity contribution in [2.24, 2.45) is 0 Å². The Balaban J connectivity index is 1.93. The number of esters is 1. The zero-order valence-corrected chi connectivity index (χ0v) is 16.7. The molecule has 2 aromatic rings. The summed E-state index contributed by atoms with van der Waals surface area (Å²) in [4.78, 5) is 24.1. The van der Waals surface area contributed by atoms with Gasteiger partial charge in [-0.3, -0.25) is 4.79 Å². The number of hydrogen-bond acceptors (Lipinski definition) is 6. The minimum atomic E-state index is -3.03. The number of ether oxygens (including phenoxy) is 3. The van der Waals surface area contributed by atoms with Crippen molar-refractivity contribution in [2.45, 2.75) is 19.6 Å². The smallest absolute Gasteiger partial charge is 0.387 e. The van der Waals surface area contributed by atoms with Crippen LogP contribution in [0.2, 0.25) is 5.02 Å². The quantitative estimate of drug-likeness (QED) is 0.470. The molecule has 160 valence electrons. The van der Waals surface area contributed by atoms with E-state index in [0.29, 0.717) is 5.56 Å². The lowest BCUT2D eigenvalue weighted by Crippen LogP contribution is -2.29. The molecule has 0 bridgehead atoms. The van der Waals surface area contributed by atoms with E-state index < -0.39 is 24.6 Å². The van der Waals surface area contributed by atoms with Crippen molar-refractivity contribution in [3.8, 4) is 17.2 Å². The molecule has 0 saturated carbocycles. The monoisotopic (exact) mass is 441 g/mol. The van der Waals surface area contributed by atoms with E-state index in [4.69, 9.17) is 21.1 Å². The second-order valence-corrected chi connectivity index (χ2v) is 6.26. The van der Waals surface area contributed by atoms with E-state index in [1.807, 2.05) is 0 Å². The van der Waals surface area contributed by atoms with Crippen molar-refractivity contribution in [3.63, 3.8) is 0 Å². The standard InChI is InChI=1S/C20H18ClF2NO6/c1-11(19(27)24-13-5-7-16(14(21)10-13)30-20(22)23)29-18(26)8-4-12-3-6-15(25)17(9-12)28-2/h3-11,20,25H,1-2H3,(H,24,27)/b8-4+. The molecule has 1 amide bonds. The van der Waals surface area contributed by atoms with E-state index in [9.17, 15) is 23.5 Å². The highest BCUT2D eigenvalue weighted by atomic mass is 35.5. The lowest BCUT2D eigenvalue weighted by molar-refractivity contribution is -0.148. The van der Waals surface area contributed by atoms with Gasteiger partial charge in [0.05, 0.1) is 12.1 Å². The first-order valence-electron chi connectivity index (χ1n) is 8.50. The summed E-state index contributed by atoms with van der Waals surface area (Å²) < 4.78 is 38.7. The first-order valence-corrected chi connectivity index (χ1v) is 8.88. The summed E-state index contributed by atoms with van der Waals surface area (Å²) in [5, 5.41) is 11.9. The molecule has 30 heavy (non-hydrogen) atoms. The maximum absolute atomic E-state index is 12.2. The van der Waals surface area contributed by atoms with Gasteiger partial charge < -0.3 is 24.6 Å². The van der Waals surface area contributed by atoms with Gasteiger partial charge >= 0.3 is 12.6 Å². The summed E-state index contributed by atoms with van der Waals surface area (Å²) in [6.45, 7) is -1.67. The topological polar surface area (TPSA) is 94.1 Å². The molecule has 2 rings (SSSR count). The largest absolute Gasteiger partial charge is 0.504 e. The fourth-order valence-electron chi connectivity index (χ4n) is 2.24. The summed E-state index contributed by atoms with van der Waals surface area (Å²) in [6.07, 6.45) is 1.39. The SMILES string of the molecule is COc1cc(/C=C/C(=O)OC(C)C(=O)Nc2ccc(OC(F)F)c(Cl)c2)ccc1O. The van der Waals surface area contributed by atoms with Gasteiger partial charge in [-0.15, -0.1) is 0 Å². The molecule has 7 nitrogen and oxygen atoms in total. The molecular formula is C20H18ClF2NO6. The van der Waals surface area contributed by atoms with Gasteiger partial charge in [-0.2, -0.15) is 8.78 Å². The van der Waals surface area contributed by atoms with Gasteiger partial charge in [0, 0.05) is 11.8 Å². The molecule has 0 fully saturated rings. The number of carbonyl (C=O) groups excluding carboxylic acids is 2. The Labute approximate surface area is 175 Å². The van der Waals surface area contributed by atoms with E-state index in [1.165, 1.54) is 50.4 Å². The number of amides is 1. The van der Waals surface area contributed by atoms with Crippen LogP contribution in [-0.4, -0.2) is 36.8 Å². The van der Waals surface area contributed by atoms with Gasteiger partial charge in [0.1, 0.15) is 5.75 Å². The molecule has 1 unspecified atom stereocenters. The summed E-state index contributed by atoms with van der Waals surface area (Å²) in [5.41, 5.74) is 0.778. The number of hydrogen-bond donors (Lipinski definition) is 2. The van der Waals surface area contributed by atoms with Crippen LogP contribution >= 0.6 is 11.6 Å². The molecule has 0 saturated heterocycles. The average molecular weight is 442 g/mol. The summed E-state index contributed by atoms with van der Waals surface area (Å²) >= 11 is 5.82. The number of methoxy groups -OCH3 is 1. The number of phenols is 1. The fraction of sp³-hybridized carbons (Fsp3) is 0.200. The van der Waals surface area contributed by atoms with Crippen LogP contribution < -0.4 is 14.8 Å². The molecule has 0 radical (unpaired) electrons. The van der Waals surface area contributed by atoms with E-state index in [0.717, 1.165) is 6.08 Å². The third kappa shape index (κ3) is 6.63. The van der Waals surface area contributed by atoms with Crippen LogP contribution in [-0.2, 0) is 14.3 Å². The summed E-state index contributed by atoms with van der Waals surface area (Å²) in [6, 6.07) is 8.19. The highest BCUT2D eigenvalue weighted by Gasteiger charge is 2.18. The number of nitrogens with one attached hydrogen (secondary N) is 1. The predicted octanol–water partition coefficient (Wildman–Crippen LogP) is 4.24. The van der Waals surface area contributed by atoms with Crippen LogP contribution in [0.5, 0.6) is 17.2 Å². The highest BCUT2D eigenvalue weighted by molar-refractivity contribution is 6.32. The molecule has 10 heteroatoms. The third-order valence-electron chi connectivity index (χ3n) is 3.69. The fourth-order valence-corrected chi connectivity index (χ4v) is 2.47. The van der Waals surface area contributed by atoms with E-state index in [1.54, 1.807) is 6.07 Å². The summed E-state index contributed by atoms with van der Waals surface area (Å²) in [5.74, 6) is -1.47. The van der Waals surface area contributed by atoms with Gasteiger partial charge in [-0.05, 0) is 48.9 Å². The molecule has 0 aliphatic carbocycles. The Morgan fingerprint density at radius 2 is 1.90 bits per heavy atom. The molecular weight excluding hydrogens is 424 g/mol. The lowest BCUT2D eigenvalue weighted by Gasteiger charge is -2.13. The van der Waals surface area contributed by atoms with Crippen molar-refractivity contribution in [1.29, 1.82) is 0 Å². The van der Waals surface area contributed by atoms with Gasteiger partial charge in [-0.25, -0.2) is 4.79 Å². The van der Waals surface area contributed by atoms with Gasteiger partial charge in [0.25, 0.3) is 5.91 Å². The Morgan fingerprint density at radius 3 is 2.53 bits per heavy atom. The van der Waals surface area contributed by atoms with Crippen molar-refractivity contribution in [1.82, 2.24) is 0 Å². The van der Waals surface area contributed by atoms with Gasteiger partial charge in [0.15, 0.2) is 17.6 Å². The first-order chi connectivity index (χ1) is 14.2. The molecule has 1 atom stereocenters. The Bertz CT molecular complexity index is 951. The first kappa shape index (κ1) is 23.0. The number of aromatic hydroxyl groups is 1. The van der Waals surface area contributed by atoms with Crippen molar-refractivity contribution < 1.29 is 37.7 Å².